The van der Waals surface area contributed by atoms with Crippen LogP contribution in [0.15, 0.2) is 28.5 Å². The summed E-state index contributed by atoms with van der Waals surface area (Å²) in [6, 6.07) is 1.04. The number of rotatable bonds is 5. The van der Waals surface area contributed by atoms with E-state index in [0.717, 1.165) is 10.6 Å². The van der Waals surface area contributed by atoms with Gasteiger partial charge in [-0.3, -0.25) is 9.59 Å². The van der Waals surface area contributed by atoms with Crippen LogP contribution in [0.5, 0.6) is 0 Å². The SMILES string of the molecule is CC(C)[C@H]1C(=O)N(S(C)(=O)=O)C2=CCN(C(=O)c3ccoc3CN(C)C)[C@@H]21.Cl. The van der Waals surface area contributed by atoms with Crippen molar-refractivity contribution in [1.82, 2.24) is 14.1 Å². The third-order valence-corrected chi connectivity index (χ3v) is 6.00. The van der Waals surface area contributed by atoms with E-state index in [9.17, 15) is 18.0 Å². The molecule has 2 aliphatic heterocycles. The molecule has 0 aromatic carbocycles. The maximum absolute atomic E-state index is 13.2. The van der Waals surface area contributed by atoms with Crippen molar-refractivity contribution in [2.75, 3.05) is 26.9 Å². The summed E-state index contributed by atoms with van der Waals surface area (Å²) in [5, 5.41) is 0. The van der Waals surface area contributed by atoms with Crippen LogP contribution in [0.1, 0.15) is 30.0 Å². The number of carbonyl (C=O) groups excluding carboxylic acids is 2. The summed E-state index contributed by atoms with van der Waals surface area (Å²) in [6.45, 7) is 4.45. The zero-order valence-corrected chi connectivity index (χ0v) is 18.2. The number of carbonyl (C=O) groups is 2. The van der Waals surface area contributed by atoms with E-state index >= 15 is 0 Å². The normalized spacial score (nSPS) is 22.0. The lowest BCUT2D eigenvalue weighted by Gasteiger charge is -2.28. The van der Waals surface area contributed by atoms with E-state index in [1.807, 2.05) is 32.8 Å². The number of halogens is 1. The predicted octanol–water partition coefficient (Wildman–Crippen LogP) is 1.55. The van der Waals surface area contributed by atoms with Crippen molar-refractivity contribution in [3.63, 3.8) is 0 Å². The van der Waals surface area contributed by atoms with E-state index in [-0.39, 0.29) is 30.8 Å². The summed E-state index contributed by atoms with van der Waals surface area (Å²) in [5.41, 5.74) is 0.818. The number of furan rings is 1. The predicted molar refractivity (Wildman–Crippen MR) is 106 cm³/mol. The Morgan fingerprint density at radius 1 is 1.36 bits per heavy atom. The fourth-order valence-electron chi connectivity index (χ4n) is 3.87. The van der Waals surface area contributed by atoms with Crippen molar-refractivity contribution in [3.05, 3.63) is 35.4 Å². The van der Waals surface area contributed by atoms with Crippen molar-refractivity contribution in [2.24, 2.45) is 11.8 Å². The summed E-state index contributed by atoms with van der Waals surface area (Å²) < 4.78 is 30.7. The van der Waals surface area contributed by atoms with Crippen LogP contribution in [-0.2, 0) is 21.4 Å². The van der Waals surface area contributed by atoms with Crippen molar-refractivity contribution >= 4 is 34.2 Å². The minimum Gasteiger partial charge on any atom is -0.467 e. The van der Waals surface area contributed by atoms with Crippen molar-refractivity contribution in [2.45, 2.75) is 26.4 Å². The Morgan fingerprint density at radius 3 is 2.54 bits per heavy atom. The second-order valence-electron chi connectivity index (χ2n) is 7.66. The molecule has 0 aliphatic carbocycles. The summed E-state index contributed by atoms with van der Waals surface area (Å²) in [7, 11) is 0.00441. The van der Waals surface area contributed by atoms with E-state index < -0.39 is 27.9 Å². The lowest BCUT2D eigenvalue weighted by molar-refractivity contribution is -0.128. The number of hydrogen-bond donors (Lipinski definition) is 0. The monoisotopic (exact) mass is 431 g/mol. The first-order chi connectivity index (χ1) is 12.5. The standard InChI is InChI=1S/C18H25N3O5S.ClH/c1-11(2)15-16-13(21(18(15)23)27(5,24)25)6-8-20(16)17(22)12-7-9-26-14(12)10-19(3)4;/h6-7,9,11,15-16H,8,10H2,1-5H3;1H/t15-,16+;/m1./s1. The molecule has 3 heterocycles. The Balaban J connectivity index is 0.00000280. The van der Waals surface area contributed by atoms with E-state index in [1.54, 1.807) is 17.0 Å². The highest BCUT2D eigenvalue weighted by atomic mass is 35.5. The molecule has 2 aliphatic rings. The van der Waals surface area contributed by atoms with Crippen LogP contribution in [0.2, 0.25) is 0 Å². The molecule has 0 unspecified atom stereocenters. The molecule has 0 spiro atoms. The molecule has 1 fully saturated rings. The van der Waals surface area contributed by atoms with Gasteiger partial charge in [0.05, 0.1) is 42.3 Å². The molecule has 1 aromatic rings. The van der Waals surface area contributed by atoms with Crippen LogP contribution in [0.3, 0.4) is 0 Å². The highest BCUT2D eigenvalue weighted by molar-refractivity contribution is 7.89. The number of hydrogen-bond acceptors (Lipinski definition) is 6. The fourth-order valence-corrected chi connectivity index (χ4v) is 4.89. The van der Waals surface area contributed by atoms with Crippen molar-refractivity contribution in [1.29, 1.82) is 0 Å². The molecule has 2 amide bonds. The first-order valence-electron chi connectivity index (χ1n) is 8.80. The van der Waals surface area contributed by atoms with Gasteiger partial charge in [0.15, 0.2) is 0 Å². The molecular weight excluding hydrogens is 406 g/mol. The Kier molecular flexibility index (Phi) is 6.32. The Labute approximate surface area is 171 Å². The molecule has 0 N–H and O–H groups in total. The molecule has 10 heteroatoms. The minimum atomic E-state index is -3.75. The molecule has 0 bridgehead atoms. The third-order valence-electron chi connectivity index (χ3n) is 4.94. The van der Waals surface area contributed by atoms with Crippen LogP contribution in [-0.4, -0.2) is 67.3 Å². The highest BCUT2D eigenvalue weighted by Gasteiger charge is 2.55. The Hall–Kier alpha value is -1.84. The van der Waals surface area contributed by atoms with E-state index in [2.05, 4.69) is 0 Å². The van der Waals surface area contributed by atoms with Gasteiger partial charge in [-0.25, -0.2) is 12.7 Å². The van der Waals surface area contributed by atoms with Crippen molar-refractivity contribution < 1.29 is 22.4 Å². The molecule has 8 nitrogen and oxygen atoms in total. The van der Waals surface area contributed by atoms with Gasteiger partial charge in [-0.15, -0.1) is 12.4 Å². The first kappa shape index (κ1) is 22.4. The van der Waals surface area contributed by atoms with Gasteiger partial charge in [0, 0.05) is 6.54 Å². The maximum atomic E-state index is 13.2. The number of fused-ring (bicyclic) bond motifs is 1. The number of nitrogens with zero attached hydrogens (tertiary/aromatic N) is 3. The molecule has 0 radical (unpaired) electrons. The Bertz CT molecular complexity index is 906. The van der Waals surface area contributed by atoms with Crippen molar-refractivity contribution in [3.8, 4) is 0 Å². The van der Waals surface area contributed by atoms with Gasteiger partial charge in [0.2, 0.25) is 15.9 Å². The summed E-state index contributed by atoms with van der Waals surface area (Å²) in [5.74, 6) is -0.894. The van der Waals surface area contributed by atoms with Gasteiger partial charge < -0.3 is 14.2 Å². The van der Waals surface area contributed by atoms with Crippen LogP contribution in [0.4, 0.5) is 0 Å². The van der Waals surface area contributed by atoms with Gasteiger partial charge in [-0.2, -0.15) is 0 Å². The molecule has 0 saturated carbocycles. The smallest absolute Gasteiger partial charge is 0.258 e. The largest absolute Gasteiger partial charge is 0.467 e. The molecule has 1 aromatic heterocycles. The highest BCUT2D eigenvalue weighted by Crippen LogP contribution is 2.42. The maximum Gasteiger partial charge on any atom is 0.258 e. The van der Waals surface area contributed by atoms with Crippen LogP contribution in [0.25, 0.3) is 0 Å². The topological polar surface area (TPSA) is 91.1 Å². The summed E-state index contributed by atoms with van der Waals surface area (Å²) >= 11 is 0. The Morgan fingerprint density at radius 2 is 2.00 bits per heavy atom. The zero-order valence-electron chi connectivity index (χ0n) is 16.6. The third kappa shape index (κ3) is 3.70. The second kappa shape index (κ2) is 7.88. The van der Waals surface area contributed by atoms with Crippen LogP contribution >= 0.6 is 12.4 Å². The molecule has 156 valence electrons. The van der Waals surface area contributed by atoms with Gasteiger partial charge in [-0.1, -0.05) is 13.8 Å². The molecule has 1 saturated heterocycles. The van der Waals surface area contributed by atoms with Crippen LogP contribution < -0.4 is 0 Å². The van der Waals surface area contributed by atoms with Crippen LogP contribution in [0, 0.1) is 11.8 Å². The quantitative estimate of drug-likeness (QED) is 0.702. The van der Waals surface area contributed by atoms with Gasteiger partial charge >= 0.3 is 0 Å². The average Bonchev–Trinajstić information content (AvgIpc) is 3.18. The molecule has 3 rings (SSSR count). The van der Waals surface area contributed by atoms with E-state index in [1.165, 1.54) is 6.26 Å². The second-order valence-corrected chi connectivity index (χ2v) is 9.49. The molecule has 2 atom stereocenters. The lowest BCUT2D eigenvalue weighted by atomic mass is 9.89. The fraction of sp³-hybridized carbons (Fsp3) is 0.556. The average molecular weight is 432 g/mol. The minimum absolute atomic E-state index is 0. The van der Waals surface area contributed by atoms with E-state index in [4.69, 9.17) is 4.42 Å². The van der Waals surface area contributed by atoms with Gasteiger partial charge in [0.25, 0.3) is 5.91 Å². The number of amides is 2. The van der Waals surface area contributed by atoms with E-state index in [0.29, 0.717) is 23.6 Å². The molecular formula is C18H26ClN3O5S. The number of sulfonamides is 1. The van der Waals surface area contributed by atoms with Gasteiger partial charge in [0.1, 0.15) is 5.76 Å². The molecule has 28 heavy (non-hydrogen) atoms. The lowest BCUT2D eigenvalue weighted by Crippen LogP contribution is -2.43. The zero-order chi connectivity index (χ0) is 20.1. The summed E-state index contributed by atoms with van der Waals surface area (Å²) in [4.78, 5) is 29.5. The summed E-state index contributed by atoms with van der Waals surface area (Å²) in [6.07, 6.45) is 4.15. The first-order valence-corrected chi connectivity index (χ1v) is 10.6. The van der Waals surface area contributed by atoms with Gasteiger partial charge in [-0.05, 0) is 32.2 Å².